The molecule has 0 radical (unpaired) electrons. The number of thiazole rings is 1. The van der Waals surface area contributed by atoms with Gasteiger partial charge < -0.3 is 5.11 Å². The summed E-state index contributed by atoms with van der Waals surface area (Å²) in [6.45, 7) is 4.02. The highest BCUT2D eigenvalue weighted by atomic mass is 35.5. The van der Waals surface area contributed by atoms with E-state index in [2.05, 4.69) is 11.1 Å². The number of fused-ring (bicyclic) bond motifs is 1. The highest BCUT2D eigenvalue weighted by Crippen LogP contribution is 2.20. The maximum absolute atomic E-state index is 12.3. The summed E-state index contributed by atoms with van der Waals surface area (Å²) in [7, 11) is 0. The summed E-state index contributed by atoms with van der Waals surface area (Å²) in [4.78, 5) is 28.0. The van der Waals surface area contributed by atoms with Crippen LogP contribution in [0.1, 0.15) is 32.1 Å². The fraction of sp³-hybridized carbons (Fsp3) is 0.118. The van der Waals surface area contributed by atoms with E-state index in [1.54, 1.807) is 6.08 Å². The van der Waals surface area contributed by atoms with Crippen LogP contribution in [0.25, 0.3) is 17.1 Å². The van der Waals surface area contributed by atoms with E-state index >= 15 is 0 Å². The maximum atomic E-state index is 12.3. The minimum atomic E-state index is -1.10. The summed E-state index contributed by atoms with van der Waals surface area (Å²) in [5.74, 6) is -1.10. The van der Waals surface area contributed by atoms with Crippen molar-refractivity contribution in [2.24, 2.45) is 0 Å². The van der Waals surface area contributed by atoms with Gasteiger partial charge in [0.25, 0.3) is 5.56 Å². The fourth-order valence-corrected chi connectivity index (χ4v) is 3.34. The van der Waals surface area contributed by atoms with E-state index in [9.17, 15) is 9.59 Å². The van der Waals surface area contributed by atoms with Gasteiger partial charge in [-0.2, -0.15) is 0 Å². The smallest absolute Gasteiger partial charge is 0.347 e. The van der Waals surface area contributed by atoms with E-state index in [1.807, 2.05) is 32.1 Å². The fourth-order valence-electron chi connectivity index (χ4n) is 2.33. The molecular weight excluding hydrogens is 348 g/mol. The van der Waals surface area contributed by atoms with Gasteiger partial charge in [-0.3, -0.25) is 9.20 Å². The van der Waals surface area contributed by atoms with Crippen LogP contribution in [-0.2, 0) is 0 Å². The van der Waals surface area contributed by atoms with E-state index in [-0.39, 0.29) is 9.90 Å². The number of benzene rings is 1. The lowest BCUT2D eigenvalue weighted by Crippen LogP contribution is -2.14. The first kappa shape index (κ1) is 16.4. The lowest BCUT2D eigenvalue weighted by Gasteiger charge is -2.02. The van der Waals surface area contributed by atoms with E-state index in [0.29, 0.717) is 10.7 Å². The Balaban J connectivity index is 2.09. The average Bonchev–Trinajstić information content (AvgIpc) is 2.95. The Kier molecular flexibility index (Phi) is 4.26. The molecule has 0 amide bonds. The number of aromatic nitrogens is 2. The van der Waals surface area contributed by atoms with Gasteiger partial charge in [0.05, 0.1) is 5.69 Å². The number of carboxylic acids is 1. The SMILES string of the molecule is Cc1ccc(/C=C/c2nc3sc(C(=O)O)cn3c(=O)c2Cl)c(C)c1. The van der Waals surface area contributed by atoms with Crippen LogP contribution in [0.2, 0.25) is 5.02 Å². The molecule has 0 unspecified atom stereocenters. The van der Waals surface area contributed by atoms with Gasteiger partial charge in [-0.05, 0) is 31.1 Å². The Morgan fingerprint density at radius 1 is 1.33 bits per heavy atom. The number of nitrogens with zero attached hydrogens (tertiary/aromatic N) is 2. The average molecular weight is 361 g/mol. The van der Waals surface area contributed by atoms with Crippen LogP contribution in [0.5, 0.6) is 0 Å². The van der Waals surface area contributed by atoms with Gasteiger partial charge in [0.15, 0.2) is 4.96 Å². The van der Waals surface area contributed by atoms with Crippen molar-refractivity contribution >= 4 is 46.0 Å². The third-order valence-electron chi connectivity index (χ3n) is 3.56. The molecule has 24 heavy (non-hydrogen) atoms. The molecule has 3 rings (SSSR count). The first-order valence-electron chi connectivity index (χ1n) is 7.07. The predicted molar refractivity (Wildman–Crippen MR) is 96.2 cm³/mol. The number of rotatable bonds is 3. The minimum absolute atomic E-state index is 0.0335. The molecule has 7 heteroatoms. The van der Waals surface area contributed by atoms with E-state index in [0.717, 1.165) is 26.9 Å². The molecule has 5 nitrogen and oxygen atoms in total. The molecule has 1 aromatic carbocycles. The molecule has 0 aliphatic heterocycles. The van der Waals surface area contributed by atoms with Crippen molar-refractivity contribution in [1.82, 2.24) is 9.38 Å². The second kappa shape index (κ2) is 6.22. The number of carboxylic acid groups (broad SMARTS) is 1. The lowest BCUT2D eigenvalue weighted by atomic mass is 10.1. The van der Waals surface area contributed by atoms with E-state index < -0.39 is 11.5 Å². The van der Waals surface area contributed by atoms with Crippen LogP contribution in [0, 0.1) is 13.8 Å². The molecule has 0 saturated heterocycles. The molecule has 0 spiro atoms. The topological polar surface area (TPSA) is 71.7 Å². The number of halogens is 1. The zero-order valence-electron chi connectivity index (χ0n) is 12.9. The van der Waals surface area contributed by atoms with Crippen molar-refractivity contribution in [3.8, 4) is 0 Å². The maximum Gasteiger partial charge on any atom is 0.347 e. The van der Waals surface area contributed by atoms with Crippen molar-refractivity contribution in [2.45, 2.75) is 13.8 Å². The second-order valence-electron chi connectivity index (χ2n) is 5.36. The van der Waals surface area contributed by atoms with Crippen LogP contribution in [0.15, 0.2) is 29.2 Å². The Morgan fingerprint density at radius 3 is 2.75 bits per heavy atom. The summed E-state index contributed by atoms with van der Waals surface area (Å²) in [6, 6.07) is 6.04. The molecule has 0 saturated carbocycles. The quantitative estimate of drug-likeness (QED) is 0.769. The largest absolute Gasteiger partial charge is 0.477 e. The van der Waals surface area contributed by atoms with Crippen molar-refractivity contribution in [2.75, 3.05) is 0 Å². The third kappa shape index (κ3) is 2.98. The van der Waals surface area contributed by atoms with Crippen LogP contribution in [0.3, 0.4) is 0 Å². The summed E-state index contributed by atoms with van der Waals surface area (Å²) in [6.07, 6.45) is 4.74. The van der Waals surface area contributed by atoms with Crippen molar-refractivity contribution in [1.29, 1.82) is 0 Å². The van der Waals surface area contributed by atoms with Crippen LogP contribution in [0.4, 0.5) is 0 Å². The second-order valence-corrected chi connectivity index (χ2v) is 6.75. The molecule has 0 aliphatic rings. The highest BCUT2D eigenvalue weighted by molar-refractivity contribution is 7.18. The molecule has 122 valence electrons. The van der Waals surface area contributed by atoms with Crippen LogP contribution < -0.4 is 5.56 Å². The Morgan fingerprint density at radius 2 is 2.08 bits per heavy atom. The molecule has 3 aromatic rings. The van der Waals surface area contributed by atoms with Crippen LogP contribution >= 0.6 is 22.9 Å². The Labute approximate surface area is 146 Å². The van der Waals surface area contributed by atoms with Crippen molar-refractivity contribution in [3.63, 3.8) is 0 Å². The van der Waals surface area contributed by atoms with Gasteiger partial charge in [0, 0.05) is 6.20 Å². The first-order chi connectivity index (χ1) is 11.4. The van der Waals surface area contributed by atoms with Gasteiger partial charge in [0.1, 0.15) is 9.90 Å². The predicted octanol–water partition coefficient (Wildman–Crippen LogP) is 3.89. The monoisotopic (exact) mass is 360 g/mol. The van der Waals surface area contributed by atoms with Gasteiger partial charge in [-0.15, -0.1) is 0 Å². The lowest BCUT2D eigenvalue weighted by molar-refractivity contribution is 0.0702. The molecule has 0 atom stereocenters. The summed E-state index contributed by atoms with van der Waals surface area (Å²) >= 11 is 7.03. The number of carbonyl (C=O) groups is 1. The molecule has 2 aromatic heterocycles. The molecule has 1 N–H and O–H groups in total. The molecule has 2 heterocycles. The van der Waals surface area contributed by atoms with Gasteiger partial charge >= 0.3 is 5.97 Å². The Bertz CT molecular complexity index is 1050. The standard InChI is InChI=1S/C17H13ClN2O3S/c1-9-3-4-11(10(2)7-9)5-6-12-14(18)15(21)20-8-13(16(22)23)24-17(20)19-12/h3-8H,1-2H3,(H,22,23)/b6-5+. The van der Waals surface area contributed by atoms with E-state index in [4.69, 9.17) is 16.7 Å². The van der Waals surface area contributed by atoms with Crippen molar-refractivity contribution in [3.05, 3.63) is 67.0 Å². The summed E-state index contributed by atoms with van der Waals surface area (Å²) < 4.78 is 1.16. The normalized spacial score (nSPS) is 11.5. The molecule has 0 fully saturated rings. The number of hydrogen-bond acceptors (Lipinski definition) is 4. The molecule has 0 aliphatic carbocycles. The molecule has 0 bridgehead atoms. The molecular formula is C17H13ClN2O3S. The van der Waals surface area contributed by atoms with Crippen molar-refractivity contribution < 1.29 is 9.90 Å². The Hall–Kier alpha value is -2.44. The van der Waals surface area contributed by atoms with Gasteiger partial charge in [0.2, 0.25) is 0 Å². The zero-order valence-corrected chi connectivity index (χ0v) is 14.5. The minimum Gasteiger partial charge on any atom is -0.477 e. The summed E-state index contributed by atoms with van der Waals surface area (Å²) in [5.41, 5.74) is 3.10. The van der Waals surface area contributed by atoms with Gasteiger partial charge in [-0.1, -0.05) is 52.8 Å². The third-order valence-corrected chi connectivity index (χ3v) is 4.88. The van der Waals surface area contributed by atoms with Crippen LogP contribution in [-0.4, -0.2) is 20.5 Å². The zero-order chi connectivity index (χ0) is 17.4. The van der Waals surface area contributed by atoms with Gasteiger partial charge in [-0.25, -0.2) is 9.78 Å². The number of aromatic carboxylic acids is 1. The highest BCUT2D eigenvalue weighted by Gasteiger charge is 2.14. The summed E-state index contributed by atoms with van der Waals surface area (Å²) in [5, 5.41) is 9.00. The number of aryl methyl sites for hydroxylation is 2. The number of hydrogen-bond donors (Lipinski definition) is 1. The first-order valence-corrected chi connectivity index (χ1v) is 8.26. The van der Waals surface area contributed by atoms with E-state index in [1.165, 1.54) is 11.8 Å².